The normalized spacial score (nSPS) is 8.87. The first-order valence-electron chi connectivity index (χ1n) is 3.97. The van der Waals surface area contributed by atoms with E-state index in [0.717, 1.165) is 0 Å². The van der Waals surface area contributed by atoms with Gasteiger partial charge in [-0.05, 0) is 12.1 Å². The Balaban J connectivity index is 3.12. The number of nitrogens with one attached hydrogen (secondary N) is 1. The summed E-state index contributed by atoms with van der Waals surface area (Å²) < 4.78 is 9.51. The summed E-state index contributed by atoms with van der Waals surface area (Å²) in [5, 5.41) is 8.33. The third kappa shape index (κ3) is 2.59. The molecule has 6 heteroatoms. The molecule has 0 aromatic heterocycles. The molecule has 0 saturated heterocycles. The van der Waals surface area contributed by atoms with Crippen molar-refractivity contribution in [3.8, 4) is 17.8 Å². The van der Waals surface area contributed by atoms with Crippen LogP contribution in [0, 0.1) is 11.5 Å². The van der Waals surface area contributed by atoms with Crippen molar-refractivity contribution >= 4 is 5.91 Å². The van der Waals surface area contributed by atoms with Crippen molar-refractivity contribution in [1.82, 2.24) is 5.43 Å². The van der Waals surface area contributed by atoms with Gasteiger partial charge in [0.05, 0.1) is 7.11 Å². The molecule has 1 amide bonds. The Morgan fingerprint density at radius 1 is 1.47 bits per heavy atom. The summed E-state index contributed by atoms with van der Waals surface area (Å²) in [6.45, 7) is 0. The molecule has 0 atom stereocenters. The zero-order chi connectivity index (χ0) is 11.3. The van der Waals surface area contributed by atoms with E-state index in [4.69, 9.17) is 15.8 Å². The zero-order valence-electron chi connectivity index (χ0n) is 7.98. The van der Waals surface area contributed by atoms with Crippen LogP contribution in [0.1, 0.15) is 10.4 Å². The van der Waals surface area contributed by atoms with Gasteiger partial charge in [0.15, 0.2) is 0 Å². The second-order valence-corrected chi connectivity index (χ2v) is 2.56. The van der Waals surface area contributed by atoms with E-state index in [1.165, 1.54) is 31.6 Å². The van der Waals surface area contributed by atoms with Crippen LogP contribution in [-0.4, -0.2) is 13.0 Å². The lowest BCUT2D eigenvalue weighted by Crippen LogP contribution is -2.29. The smallest absolute Gasteiger partial charge is 0.292 e. The minimum atomic E-state index is -0.489. The molecular weight excluding hydrogens is 198 g/mol. The van der Waals surface area contributed by atoms with Crippen molar-refractivity contribution in [3.63, 3.8) is 0 Å². The minimum absolute atomic E-state index is 0.218. The molecule has 1 rings (SSSR count). The number of nitrogen functional groups attached to an aromatic ring is 1. The van der Waals surface area contributed by atoms with Gasteiger partial charge in [0.25, 0.3) is 12.2 Å². The Morgan fingerprint density at radius 3 is 2.67 bits per heavy atom. The molecule has 0 aliphatic rings. The van der Waals surface area contributed by atoms with Gasteiger partial charge in [-0.25, -0.2) is 5.84 Å². The summed E-state index contributed by atoms with van der Waals surface area (Å²) in [6.07, 6.45) is 1.50. The number of methoxy groups -OCH3 is 1. The van der Waals surface area contributed by atoms with Crippen LogP contribution in [0.5, 0.6) is 11.5 Å². The molecule has 0 unspecified atom stereocenters. The SMILES string of the molecule is COc1cc(OC#N)cc(C(=O)NN)c1. The highest BCUT2D eigenvalue weighted by atomic mass is 16.5. The third-order valence-corrected chi connectivity index (χ3v) is 1.67. The number of amides is 1. The Hall–Kier alpha value is -2.26. The summed E-state index contributed by atoms with van der Waals surface area (Å²) in [5.41, 5.74) is 2.22. The molecule has 0 saturated carbocycles. The number of hydrazine groups is 1. The van der Waals surface area contributed by atoms with Crippen LogP contribution in [0.3, 0.4) is 0 Å². The highest BCUT2D eigenvalue weighted by molar-refractivity contribution is 5.94. The molecule has 78 valence electrons. The summed E-state index contributed by atoms with van der Waals surface area (Å²) in [4.78, 5) is 11.2. The third-order valence-electron chi connectivity index (χ3n) is 1.67. The Morgan fingerprint density at radius 2 is 2.13 bits per heavy atom. The van der Waals surface area contributed by atoms with Crippen molar-refractivity contribution < 1.29 is 14.3 Å². The lowest BCUT2D eigenvalue weighted by atomic mass is 10.2. The average molecular weight is 207 g/mol. The molecule has 0 fully saturated rings. The fourth-order valence-electron chi connectivity index (χ4n) is 1.02. The first-order valence-corrected chi connectivity index (χ1v) is 3.97. The molecule has 0 aliphatic carbocycles. The molecule has 1 aromatic carbocycles. The second kappa shape index (κ2) is 4.83. The van der Waals surface area contributed by atoms with E-state index in [0.29, 0.717) is 5.75 Å². The van der Waals surface area contributed by atoms with E-state index in [-0.39, 0.29) is 11.3 Å². The molecule has 0 aliphatic heterocycles. The van der Waals surface area contributed by atoms with Crippen molar-refractivity contribution in [3.05, 3.63) is 23.8 Å². The van der Waals surface area contributed by atoms with E-state index in [1.54, 1.807) is 0 Å². The minimum Gasteiger partial charge on any atom is -0.497 e. The van der Waals surface area contributed by atoms with Gasteiger partial charge in [-0.3, -0.25) is 10.2 Å². The summed E-state index contributed by atoms with van der Waals surface area (Å²) in [6, 6.07) is 4.34. The predicted octanol–water partition coefficient (Wildman–Crippen LogP) is 0.159. The second-order valence-electron chi connectivity index (χ2n) is 2.56. The summed E-state index contributed by atoms with van der Waals surface area (Å²) >= 11 is 0. The number of hydrogen-bond donors (Lipinski definition) is 2. The van der Waals surface area contributed by atoms with Crippen LogP contribution in [0.25, 0.3) is 0 Å². The fraction of sp³-hybridized carbons (Fsp3) is 0.111. The lowest BCUT2D eigenvalue weighted by molar-refractivity contribution is 0.0953. The molecule has 3 N–H and O–H groups in total. The average Bonchev–Trinajstić information content (AvgIpc) is 2.28. The largest absolute Gasteiger partial charge is 0.497 e. The number of nitrogens with zero attached hydrogens (tertiary/aromatic N) is 1. The van der Waals surface area contributed by atoms with E-state index >= 15 is 0 Å². The van der Waals surface area contributed by atoms with Gasteiger partial charge in [0.2, 0.25) is 0 Å². The van der Waals surface area contributed by atoms with Gasteiger partial charge in [0.1, 0.15) is 11.5 Å². The Bertz CT molecular complexity index is 412. The molecule has 15 heavy (non-hydrogen) atoms. The number of nitrogens with two attached hydrogens (primary N) is 1. The number of nitriles is 1. The molecule has 6 nitrogen and oxygen atoms in total. The van der Waals surface area contributed by atoms with E-state index in [2.05, 4.69) is 4.74 Å². The monoisotopic (exact) mass is 207 g/mol. The molecule has 1 aromatic rings. The highest BCUT2D eigenvalue weighted by Crippen LogP contribution is 2.22. The number of carbonyl (C=O) groups excluding carboxylic acids is 1. The predicted molar refractivity (Wildman–Crippen MR) is 50.9 cm³/mol. The van der Waals surface area contributed by atoms with Crippen LogP contribution in [0.2, 0.25) is 0 Å². The summed E-state index contributed by atoms with van der Waals surface area (Å²) in [5.74, 6) is 5.11. The van der Waals surface area contributed by atoms with Crippen molar-refractivity contribution in [1.29, 1.82) is 5.26 Å². The number of ether oxygens (including phenoxy) is 2. The van der Waals surface area contributed by atoms with Crippen LogP contribution in [0.4, 0.5) is 0 Å². The van der Waals surface area contributed by atoms with Crippen molar-refractivity contribution in [2.45, 2.75) is 0 Å². The van der Waals surface area contributed by atoms with Gasteiger partial charge < -0.3 is 9.47 Å². The lowest BCUT2D eigenvalue weighted by Gasteiger charge is -2.05. The molecule has 0 heterocycles. The Kier molecular flexibility index (Phi) is 3.49. The standard InChI is InChI=1S/C9H9N3O3/c1-14-7-2-6(9(13)12-11)3-8(4-7)15-5-10/h2-4H,11H2,1H3,(H,12,13). The summed E-state index contributed by atoms with van der Waals surface area (Å²) in [7, 11) is 1.44. The quantitative estimate of drug-likeness (QED) is 0.318. The van der Waals surface area contributed by atoms with E-state index < -0.39 is 5.91 Å². The van der Waals surface area contributed by atoms with Crippen LogP contribution in [0.15, 0.2) is 18.2 Å². The maximum Gasteiger partial charge on any atom is 0.292 e. The van der Waals surface area contributed by atoms with Crippen LogP contribution < -0.4 is 20.7 Å². The van der Waals surface area contributed by atoms with E-state index in [9.17, 15) is 4.79 Å². The number of carbonyl (C=O) groups is 1. The fourth-order valence-corrected chi connectivity index (χ4v) is 1.02. The van der Waals surface area contributed by atoms with Gasteiger partial charge in [-0.2, -0.15) is 0 Å². The Labute approximate surface area is 86.2 Å². The molecule has 0 radical (unpaired) electrons. The first-order chi connectivity index (χ1) is 7.21. The van der Waals surface area contributed by atoms with Gasteiger partial charge in [-0.15, -0.1) is 5.26 Å². The zero-order valence-corrected chi connectivity index (χ0v) is 7.98. The van der Waals surface area contributed by atoms with Gasteiger partial charge >= 0.3 is 0 Å². The highest BCUT2D eigenvalue weighted by Gasteiger charge is 2.08. The number of rotatable bonds is 3. The van der Waals surface area contributed by atoms with Crippen LogP contribution >= 0.6 is 0 Å². The first kappa shape index (κ1) is 10.8. The molecule has 0 bridgehead atoms. The topological polar surface area (TPSA) is 97.4 Å². The van der Waals surface area contributed by atoms with Gasteiger partial charge in [0, 0.05) is 11.6 Å². The van der Waals surface area contributed by atoms with Crippen molar-refractivity contribution in [2.24, 2.45) is 5.84 Å². The molecule has 0 spiro atoms. The van der Waals surface area contributed by atoms with Crippen LogP contribution in [-0.2, 0) is 0 Å². The van der Waals surface area contributed by atoms with Crippen molar-refractivity contribution in [2.75, 3.05) is 7.11 Å². The number of benzene rings is 1. The number of hydrogen-bond acceptors (Lipinski definition) is 5. The molecular formula is C9H9N3O3. The van der Waals surface area contributed by atoms with E-state index in [1.807, 2.05) is 5.43 Å². The maximum absolute atomic E-state index is 11.2. The van der Waals surface area contributed by atoms with Gasteiger partial charge in [-0.1, -0.05) is 0 Å². The maximum atomic E-state index is 11.2.